The average Bonchev–Trinajstić information content (AvgIpc) is 2.97. The zero-order valence-corrected chi connectivity index (χ0v) is 14.4. The number of nitrogens with zero attached hydrogens (tertiary/aromatic N) is 1. The molecule has 0 N–H and O–H groups in total. The van der Waals surface area contributed by atoms with Gasteiger partial charge in [0.15, 0.2) is 0 Å². The normalized spacial score (nSPS) is 17.4. The highest BCUT2D eigenvalue weighted by atomic mass is 16.2. The number of benzene rings is 2. The molecule has 1 aliphatic rings. The van der Waals surface area contributed by atoms with Gasteiger partial charge in [-0.15, -0.1) is 0 Å². The molecular formula is C22H27NO. The lowest BCUT2D eigenvalue weighted by atomic mass is 9.98. The van der Waals surface area contributed by atoms with Gasteiger partial charge in [-0.1, -0.05) is 60.7 Å². The number of aryl methyl sites for hydroxylation is 2. The monoisotopic (exact) mass is 321 g/mol. The number of amides is 1. The lowest BCUT2D eigenvalue weighted by molar-refractivity contribution is -0.131. The number of rotatable bonds is 8. The van der Waals surface area contributed by atoms with Gasteiger partial charge >= 0.3 is 0 Å². The largest absolute Gasteiger partial charge is 0.342 e. The van der Waals surface area contributed by atoms with Crippen molar-refractivity contribution in [2.75, 3.05) is 13.1 Å². The van der Waals surface area contributed by atoms with Gasteiger partial charge < -0.3 is 4.90 Å². The minimum absolute atomic E-state index is 0.255. The predicted molar refractivity (Wildman–Crippen MR) is 98.8 cm³/mol. The van der Waals surface area contributed by atoms with Gasteiger partial charge in [0.25, 0.3) is 0 Å². The van der Waals surface area contributed by atoms with Gasteiger partial charge in [-0.3, -0.25) is 4.79 Å². The zero-order chi connectivity index (χ0) is 16.6. The Kier molecular flexibility index (Phi) is 6.06. The lowest BCUT2D eigenvalue weighted by Gasteiger charge is -2.16. The summed E-state index contributed by atoms with van der Waals surface area (Å²) in [5, 5.41) is 0. The molecule has 0 aromatic heterocycles. The summed E-state index contributed by atoms with van der Waals surface area (Å²) in [4.78, 5) is 14.6. The van der Waals surface area contributed by atoms with Crippen molar-refractivity contribution in [1.82, 2.24) is 4.90 Å². The van der Waals surface area contributed by atoms with Crippen molar-refractivity contribution in [2.45, 2.75) is 38.5 Å². The standard InChI is InChI=1S/C22H27NO/c24-22-21(15-7-13-19-9-3-1-4-10-19)16-18-23(22)17-8-14-20-11-5-2-6-12-20/h1-6,9-12,21H,7-8,13-18H2. The molecule has 24 heavy (non-hydrogen) atoms. The van der Waals surface area contributed by atoms with Crippen LogP contribution in [0.1, 0.15) is 36.8 Å². The van der Waals surface area contributed by atoms with Crippen LogP contribution in [-0.2, 0) is 17.6 Å². The van der Waals surface area contributed by atoms with E-state index < -0.39 is 0 Å². The summed E-state index contributed by atoms with van der Waals surface area (Å²) < 4.78 is 0. The van der Waals surface area contributed by atoms with Crippen LogP contribution >= 0.6 is 0 Å². The Morgan fingerprint density at radius 3 is 2.04 bits per heavy atom. The SMILES string of the molecule is O=C1C(CCCc2ccccc2)CCN1CCCc1ccccc1. The predicted octanol–water partition coefficient (Wildman–Crippen LogP) is 4.49. The van der Waals surface area contributed by atoms with Crippen LogP contribution in [0.25, 0.3) is 0 Å². The van der Waals surface area contributed by atoms with Gasteiger partial charge in [-0.2, -0.15) is 0 Å². The number of hydrogen-bond acceptors (Lipinski definition) is 1. The maximum atomic E-state index is 12.5. The molecule has 0 aliphatic carbocycles. The van der Waals surface area contributed by atoms with E-state index in [1.165, 1.54) is 11.1 Å². The summed E-state index contributed by atoms with van der Waals surface area (Å²) in [6, 6.07) is 21.1. The Balaban J connectivity index is 1.37. The molecule has 1 fully saturated rings. The minimum atomic E-state index is 0.255. The third kappa shape index (κ3) is 4.70. The Morgan fingerprint density at radius 1 is 0.833 bits per heavy atom. The van der Waals surface area contributed by atoms with E-state index in [4.69, 9.17) is 0 Å². The number of hydrogen-bond donors (Lipinski definition) is 0. The molecule has 2 aromatic rings. The molecule has 2 heteroatoms. The summed E-state index contributed by atoms with van der Waals surface area (Å²) in [5.74, 6) is 0.640. The molecule has 1 amide bonds. The van der Waals surface area contributed by atoms with Gasteiger partial charge in [0.1, 0.15) is 0 Å². The van der Waals surface area contributed by atoms with E-state index in [-0.39, 0.29) is 5.92 Å². The van der Waals surface area contributed by atoms with Crippen LogP contribution in [0.15, 0.2) is 60.7 Å². The first-order chi connectivity index (χ1) is 11.8. The first-order valence-electron chi connectivity index (χ1n) is 9.19. The molecule has 1 aliphatic heterocycles. The smallest absolute Gasteiger partial charge is 0.225 e. The second-order valence-corrected chi connectivity index (χ2v) is 6.78. The van der Waals surface area contributed by atoms with Crippen LogP contribution in [0, 0.1) is 5.92 Å². The maximum absolute atomic E-state index is 12.5. The van der Waals surface area contributed by atoms with Gasteiger partial charge in [0, 0.05) is 19.0 Å². The van der Waals surface area contributed by atoms with E-state index in [0.29, 0.717) is 5.91 Å². The Morgan fingerprint density at radius 2 is 1.42 bits per heavy atom. The zero-order valence-electron chi connectivity index (χ0n) is 14.4. The first-order valence-corrected chi connectivity index (χ1v) is 9.19. The van der Waals surface area contributed by atoms with Gasteiger partial charge in [-0.25, -0.2) is 0 Å². The van der Waals surface area contributed by atoms with Crippen LogP contribution < -0.4 is 0 Å². The molecule has 3 rings (SSSR count). The van der Waals surface area contributed by atoms with Crippen molar-refractivity contribution in [2.24, 2.45) is 5.92 Å². The number of carbonyl (C=O) groups is 1. The lowest BCUT2D eigenvalue weighted by Crippen LogP contribution is -2.28. The summed E-state index contributed by atoms with van der Waals surface area (Å²) in [7, 11) is 0. The first kappa shape index (κ1) is 16.8. The third-order valence-electron chi connectivity index (χ3n) is 5.01. The number of likely N-dealkylation sites (tertiary alicyclic amines) is 1. The molecule has 0 saturated carbocycles. The Labute approximate surface area is 145 Å². The summed E-state index contributed by atoms with van der Waals surface area (Å²) >= 11 is 0. The highest BCUT2D eigenvalue weighted by Gasteiger charge is 2.30. The molecule has 1 heterocycles. The fraction of sp³-hybridized carbons (Fsp3) is 0.409. The van der Waals surface area contributed by atoms with Crippen molar-refractivity contribution < 1.29 is 4.79 Å². The minimum Gasteiger partial charge on any atom is -0.342 e. The molecule has 2 aromatic carbocycles. The molecule has 0 spiro atoms. The molecule has 1 unspecified atom stereocenters. The van der Waals surface area contributed by atoms with Crippen molar-refractivity contribution >= 4 is 5.91 Å². The summed E-state index contributed by atoms with van der Waals surface area (Å²) in [6.07, 6.45) is 6.38. The fourth-order valence-corrected chi connectivity index (χ4v) is 3.61. The van der Waals surface area contributed by atoms with Gasteiger partial charge in [0.2, 0.25) is 5.91 Å². The molecule has 1 saturated heterocycles. The molecule has 0 bridgehead atoms. The van der Waals surface area contributed by atoms with Crippen molar-refractivity contribution in [3.8, 4) is 0 Å². The second-order valence-electron chi connectivity index (χ2n) is 6.78. The van der Waals surface area contributed by atoms with Gasteiger partial charge in [0.05, 0.1) is 0 Å². The van der Waals surface area contributed by atoms with E-state index in [1.54, 1.807) is 0 Å². The molecule has 1 atom stereocenters. The second kappa shape index (κ2) is 8.68. The van der Waals surface area contributed by atoms with Crippen LogP contribution in [0.4, 0.5) is 0 Å². The summed E-state index contributed by atoms with van der Waals surface area (Å²) in [5.41, 5.74) is 2.74. The van der Waals surface area contributed by atoms with E-state index >= 15 is 0 Å². The van der Waals surface area contributed by atoms with E-state index in [2.05, 4.69) is 59.5 Å². The molecule has 2 nitrogen and oxygen atoms in total. The maximum Gasteiger partial charge on any atom is 0.225 e. The van der Waals surface area contributed by atoms with Crippen LogP contribution in [0.3, 0.4) is 0 Å². The topological polar surface area (TPSA) is 20.3 Å². The van der Waals surface area contributed by atoms with Crippen molar-refractivity contribution in [3.63, 3.8) is 0 Å². The quantitative estimate of drug-likeness (QED) is 0.701. The number of carbonyl (C=O) groups excluding carboxylic acids is 1. The highest BCUT2D eigenvalue weighted by Crippen LogP contribution is 2.24. The van der Waals surface area contributed by atoms with Crippen molar-refractivity contribution in [1.29, 1.82) is 0 Å². The van der Waals surface area contributed by atoms with Gasteiger partial charge in [-0.05, 0) is 49.7 Å². The molecular weight excluding hydrogens is 294 g/mol. The summed E-state index contributed by atoms with van der Waals surface area (Å²) in [6.45, 7) is 1.85. The van der Waals surface area contributed by atoms with E-state index in [9.17, 15) is 4.79 Å². The van der Waals surface area contributed by atoms with E-state index in [1.807, 2.05) is 6.07 Å². The van der Waals surface area contributed by atoms with Crippen LogP contribution in [0.2, 0.25) is 0 Å². The van der Waals surface area contributed by atoms with Crippen molar-refractivity contribution in [3.05, 3.63) is 71.8 Å². The fourth-order valence-electron chi connectivity index (χ4n) is 3.61. The Bertz CT molecular complexity index is 567. The highest BCUT2D eigenvalue weighted by molar-refractivity contribution is 5.80. The van der Waals surface area contributed by atoms with Crippen LogP contribution in [0.5, 0.6) is 0 Å². The Hall–Kier alpha value is -2.09. The van der Waals surface area contributed by atoms with E-state index in [0.717, 1.165) is 51.6 Å². The molecule has 0 radical (unpaired) electrons. The molecule has 126 valence electrons. The average molecular weight is 321 g/mol. The third-order valence-corrected chi connectivity index (χ3v) is 5.01. The van der Waals surface area contributed by atoms with Crippen LogP contribution in [-0.4, -0.2) is 23.9 Å².